The number of fused-ring (bicyclic) bond motifs is 1. The molecule has 0 aliphatic rings. The summed E-state index contributed by atoms with van der Waals surface area (Å²) in [4.78, 5) is 33.0. The van der Waals surface area contributed by atoms with Gasteiger partial charge in [0, 0.05) is 27.6 Å². The first-order valence-electron chi connectivity index (χ1n) is 7.98. The lowest BCUT2D eigenvalue weighted by Gasteiger charge is -2.03. The van der Waals surface area contributed by atoms with Gasteiger partial charge in [0.1, 0.15) is 4.83 Å². The highest BCUT2D eigenvalue weighted by atomic mass is 35.5. The number of aryl methyl sites for hydroxylation is 1. The SMILES string of the molecule is COC(=O)CCCSc1nc2sc(C)c(-c3ccc(Cl)cc3)c2c(=O)[nH]1. The van der Waals surface area contributed by atoms with Crippen LogP contribution in [0.2, 0.25) is 5.02 Å². The second-order valence-corrected chi connectivity index (χ2v) is 8.34. The summed E-state index contributed by atoms with van der Waals surface area (Å²) in [5.74, 6) is 0.446. The normalized spacial score (nSPS) is 11.0. The van der Waals surface area contributed by atoms with Gasteiger partial charge in [-0.05, 0) is 31.0 Å². The molecule has 0 spiro atoms. The zero-order chi connectivity index (χ0) is 18.7. The lowest BCUT2D eigenvalue weighted by atomic mass is 10.0. The minimum Gasteiger partial charge on any atom is -0.469 e. The molecule has 0 aliphatic heterocycles. The number of benzene rings is 1. The first-order chi connectivity index (χ1) is 12.5. The zero-order valence-electron chi connectivity index (χ0n) is 14.3. The van der Waals surface area contributed by atoms with Gasteiger partial charge in [-0.2, -0.15) is 0 Å². The predicted octanol–water partition coefficient (Wildman–Crippen LogP) is 4.66. The molecule has 136 valence electrons. The fraction of sp³-hybridized carbons (Fsp3) is 0.278. The van der Waals surface area contributed by atoms with Crippen LogP contribution in [-0.4, -0.2) is 28.8 Å². The number of ether oxygens (including phenoxy) is 1. The maximum atomic E-state index is 12.7. The Morgan fingerprint density at radius 3 is 2.77 bits per heavy atom. The van der Waals surface area contributed by atoms with E-state index in [0.717, 1.165) is 16.0 Å². The van der Waals surface area contributed by atoms with Gasteiger partial charge in [-0.25, -0.2) is 4.98 Å². The fourth-order valence-corrected chi connectivity index (χ4v) is 4.65. The third-order valence-electron chi connectivity index (χ3n) is 3.84. The number of methoxy groups -OCH3 is 1. The Kier molecular flexibility index (Phi) is 6.01. The summed E-state index contributed by atoms with van der Waals surface area (Å²) >= 11 is 8.89. The quantitative estimate of drug-likeness (QED) is 0.278. The van der Waals surface area contributed by atoms with Gasteiger partial charge in [-0.3, -0.25) is 9.59 Å². The van der Waals surface area contributed by atoms with E-state index in [4.69, 9.17) is 11.6 Å². The molecule has 0 atom stereocenters. The number of halogens is 1. The van der Waals surface area contributed by atoms with Crippen molar-refractivity contribution in [2.45, 2.75) is 24.9 Å². The summed E-state index contributed by atoms with van der Waals surface area (Å²) < 4.78 is 4.62. The van der Waals surface area contributed by atoms with Crippen LogP contribution in [0.25, 0.3) is 21.3 Å². The number of nitrogens with zero attached hydrogens (tertiary/aromatic N) is 1. The molecule has 0 amide bonds. The zero-order valence-corrected chi connectivity index (χ0v) is 16.7. The Labute approximate surface area is 163 Å². The molecule has 0 saturated carbocycles. The van der Waals surface area contributed by atoms with Crippen LogP contribution >= 0.6 is 34.7 Å². The van der Waals surface area contributed by atoms with Crippen molar-refractivity contribution in [1.82, 2.24) is 9.97 Å². The van der Waals surface area contributed by atoms with Crippen LogP contribution in [0, 0.1) is 6.92 Å². The van der Waals surface area contributed by atoms with E-state index in [1.165, 1.54) is 30.2 Å². The van der Waals surface area contributed by atoms with Gasteiger partial charge in [0.25, 0.3) is 5.56 Å². The van der Waals surface area contributed by atoms with E-state index >= 15 is 0 Å². The number of hydrogen-bond donors (Lipinski definition) is 1. The van der Waals surface area contributed by atoms with Crippen LogP contribution in [0.15, 0.2) is 34.2 Å². The van der Waals surface area contributed by atoms with Crippen molar-refractivity contribution in [3.63, 3.8) is 0 Å². The van der Waals surface area contributed by atoms with Crippen LogP contribution in [0.3, 0.4) is 0 Å². The van der Waals surface area contributed by atoms with Crippen molar-refractivity contribution >= 4 is 50.9 Å². The lowest BCUT2D eigenvalue weighted by molar-refractivity contribution is -0.140. The third-order valence-corrected chi connectivity index (χ3v) is 6.05. The van der Waals surface area contributed by atoms with E-state index in [0.29, 0.717) is 39.0 Å². The number of H-pyrrole nitrogens is 1. The molecule has 8 heteroatoms. The van der Waals surface area contributed by atoms with Gasteiger partial charge < -0.3 is 9.72 Å². The molecule has 2 aromatic heterocycles. The molecule has 0 aliphatic carbocycles. The molecular weight excluding hydrogens is 392 g/mol. The molecule has 3 rings (SSSR count). The molecule has 0 unspecified atom stereocenters. The standard InChI is InChI=1S/C18H17ClN2O3S2/c1-10-14(11-5-7-12(19)8-6-11)15-16(23)20-18(21-17(15)26-10)25-9-3-4-13(22)24-2/h5-8H,3-4,9H2,1-2H3,(H,20,21,23). The van der Waals surface area contributed by atoms with Gasteiger partial charge in [0.2, 0.25) is 0 Å². The van der Waals surface area contributed by atoms with Gasteiger partial charge in [-0.15, -0.1) is 11.3 Å². The molecule has 2 heterocycles. The largest absolute Gasteiger partial charge is 0.469 e. The summed E-state index contributed by atoms with van der Waals surface area (Å²) in [6.45, 7) is 1.99. The highest BCUT2D eigenvalue weighted by Crippen LogP contribution is 2.36. The molecule has 5 nitrogen and oxygen atoms in total. The maximum Gasteiger partial charge on any atom is 0.305 e. The topological polar surface area (TPSA) is 72.0 Å². The van der Waals surface area contributed by atoms with Crippen LogP contribution in [0.4, 0.5) is 0 Å². The summed E-state index contributed by atoms with van der Waals surface area (Å²) in [7, 11) is 1.37. The number of aromatic nitrogens is 2. The molecule has 0 fully saturated rings. The van der Waals surface area contributed by atoms with E-state index in [-0.39, 0.29) is 11.5 Å². The predicted molar refractivity (Wildman–Crippen MR) is 107 cm³/mol. The number of carbonyl (C=O) groups excluding carboxylic acids is 1. The van der Waals surface area contributed by atoms with E-state index < -0.39 is 0 Å². The minimum absolute atomic E-state index is 0.153. The average Bonchev–Trinajstić information content (AvgIpc) is 2.95. The second-order valence-electron chi connectivity index (χ2n) is 5.62. The number of esters is 1. The Morgan fingerprint density at radius 2 is 2.08 bits per heavy atom. The number of carbonyl (C=O) groups is 1. The molecule has 3 aromatic rings. The molecule has 0 bridgehead atoms. The van der Waals surface area contributed by atoms with Crippen molar-refractivity contribution < 1.29 is 9.53 Å². The Hall–Kier alpha value is -1.83. The minimum atomic E-state index is -0.232. The van der Waals surface area contributed by atoms with Gasteiger partial charge in [0.15, 0.2) is 5.16 Å². The first-order valence-corrected chi connectivity index (χ1v) is 10.2. The maximum absolute atomic E-state index is 12.7. The Bertz CT molecular complexity index is 996. The fourth-order valence-electron chi connectivity index (χ4n) is 2.62. The summed E-state index contributed by atoms with van der Waals surface area (Å²) in [6.07, 6.45) is 1.02. The van der Waals surface area contributed by atoms with Crippen LogP contribution in [0.1, 0.15) is 17.7 Å². The smallest absolute Gasteiger partial charge is 0.305 e. The van der Waals surface area contributed by atoms with Crippen molar-refractivity contribution in [3.8, 4) is 11.1 Å². The molecule has 0 saturated heterocycles. The van der Waals surface area contributed by atoms with Gasteiger partial charge in [0.05, 0.1) is 12.5 Å². The van der Waals surface area contributed by atoms with Crippen molar-refractivity contribution in [1.29, 1.82) is 0 Å². The number of rotatable bonds is 6. The van der Waals surface area contributed by atoms with Crippen molar-refractivity contribution in [2.24, 2.45) is 0 Å². The van der Waals surface area contributed by atoms with Crippen LogP contribution in [0.5, 0.6) is 0 Å². The van der Waals surface area contributed by atoms with Crippen molar-refractivity contribution in [3.05, 3.63) is 44.5 Å². The van der Waals surface area contributed by atoms with Gasteiger partial charge >= 0.3 is 5.97 Å². The Morgan fingerprint density at radius 1 is 1.35 bits per heavy atom. The van der Waals surface area contributed by atoms with Crippen LogP contribution < -0.4 is 5.56 Å². The monoisotopic (exact) mass is 408 g/mol. The molecular formula is C18H17ClN2O3S2. The number of thioether (sulfide) groups is 1. The summed E-state index contributed by atoms with van der Waals surface area (Å²) in [5.41, 5.74) is 1.70. The first kappa shape index (κ1) is 18.9. The molecule has 1 aromatic carbocycles. The lowest BCUT2D eigenvalue weighted by Crippen LogP contribution is -2.09. The molecule has 1 N–H and O–H groups in total. The number of thiophene rings is 1. The number of aromatic amines is 1. The summed E-state index contributed by atoms with van der Waals surface area (Å²) in [6, 6.07) is 7.44. The van der Waals surface area contributed by atoms with E-state index in [9.17, 15) is 9.59 Å². The van der Waals surface area contributed by atoms with Crippen molar-refractivity contribution in [2.75, 3.05) is 12.9 Å². The number of nitrogens with one attached hydrogen (secondary N) is 1. The second kappa shape index (κ2) is 8.24. The van der Waals surface area contributed by atoms with E-state index in [2.05, 4.69) is 14.7 Å². The van der Waals surface area contributed by atoms with Crippen LogP contribution in [-0.2, 0) is 9.53 Å². The van der Waals surface area contributed by atoms with E-state index in [1.54, 1.807) is 0 Å². The average molecular weight is 409 g/mol. The number of hydrogen-bond acceptors (Lipinski definition) is 6. The van der Waals surface area contributed by atoms with E-state index in [1.807, 2.05) is 31.2 Å². The van der Waals surface area contributed by atoms with Gasteiger partial charge in [-0.1, -0.05) is 35.5 Å². The Balaban J connectivity index is 1.87. The molecule has 26 heavy (non-hydrogen) atoms. The molecule has 0 radical (unpaired) electrons. The highest BCUT2D eigenvalue weighted by molar-refractivity contribution is 7.99. The highest BCUT2D eigenvalue weighted by Gasteiger charge is 2.16. The summed E-state index contributed by atoms with van der Waals surface area (Å²) in [5, 5.41) is 1.83. The third kappa shape index (κ3) is 4.11.